The summed E-state index contributed by atoms with van der Waals surface area (Å²) in [4.78, 5) is 0. The lowest BCUT2D eigenvalue weighted by Gasteiger charge is -2.22. The highest BCUT2D eigenvalue weighted by Gasteiger charge is 2.45. The van der Waals surface area contributed by atoms with Crippen molar-refractivity contribution in [2.24, 2.45) is 0 Å². The quantitative estimate of drug-likeness (QED) is 0.401. The fraction of sp³-hybridized carbons (Fsp3) is 0.294. The van der Waals surface area contributed by atoms with E-state index in [1.807, 2.05) is 0 Å². The number of hydrogen-bond donors (Lipinski definition) is 0. The number of halogens is 13. The standard InChI is InChI=1S/C17H7F13O/c1-6-2-9(16(25,26)27)13(10(3-6)17(28,29)30)31-12-5-7(14(19,20)21)11(18)4-8(12)15(22,23)24/h2-5H,1H3. The Bertz CT molecular complexity index is 943. The predicted octanol–water partition coefficient (Wildman–Crippen LogP) is 8.00. The molecule has 0 spiro atoms. The molecule has 0 unspecified atom stereocenters. The molecule has 0 atom stereocenters. The summed E-state index contributed by atoms with van der Waals surface area (Å²) in [5.74, 6) is -6.76. The Morgan fingerprint density at radius 2 is 0.935 bits per heavy atom. The van der Waals surface area contributed by atoms with Gasteiger partial charge in [-0.1, -0.05) is 0 Å². The second kappa shape index (κ2) is 7.48. The zero-order valence-corrected chi connectivity index (χ0v) is 14.6. The molecule has 0 aliphatic rings. The lowest BCUT2D eigenvalue weighted by molar-refractivity contribution is -0.147. The van der Waals surface area contributed by atoms with Gasteiger partial charge in [0, 0.05) is 0 Å². The number of ether oxygens (including phenoxy) is 1. The third-order valence-corrected chi connectivity index (χ3v) is 3.74. The minimum absolute atomic E-state index is 0.103. The van der Waals surface area contributed by atoms with Crippen LogP contribution in [0.25, 0.3) is 0 Å². The molecule has 2 aromatic rings. The minimum Gasteiger partial charge on any atom is -0.455 e. The summed E-state index contributed by atoms with van der Waals surface area (Å²) >= 11 is 0. The lowest BCUT2D eigenvalue weighted by Crippen LogP contribution is -2.17. The summed E-state index contributed by atoms with van der Waals surface area (Å²) in [6, 6.07) is -1.18. The van der Waals surface area contributed by atoms with Crippen LogP contribution in [0.15, 0.2) is 24.3 Å². The van der Waals surface area contributed by atoms with Gasteiger partial charge in [-0.3, -0.25) is 0 Å². The van der Waals surface area contributed by atoms with Crippen molar-refractivity contribution in [3.63, 3.8) is 0 Å². The van der Waals surface area contributed by atoms with E-state index in [4.69, 9.17) is 0 Å². The van der Waals surface area contributed by atoms with Gasteiger partial charge in [-0.05, 0) is 36.8 Å². The van der Waals surface area contributed by atoms with E-state index < -0.39 is 82.0 Å². The van der Waals surface area contributed by atoms with Gasteiger partial charge in [-0.15, -0.1) is 0 Å². The molecule has 2 rings (SSSR count). The maximum atomic E-state index is 13.5. The summed E-state index contributed by atoms with van der Waals surface area (Å²) < 4.78 is 175. The van der Waals surface area contributed by atoms with Gasteiger partial charge in [0.25, 0.3) is 0 Å². The van der Waals surface area contributed by atoms with Crippen LogP contribution in [0.5, 0.6) is 11.5 Å². The Kier molecular flexibility index (Phi) is 5.94. The number of aryl methyl sites for hydroxylation is 1. The maximum absolute atomic E-state index is 13.5. The molecule has 172 valence electrons. The largest absolute Gasteiger partial charge is 0.455 e. The first kappa shape index (κ1) is 24.6. The fourth-order valence-corrected chi connectivity index (χ4v) is 2.49. The number of hydrogen-bond acceptors (Lipinski definition) is 1. The molecule has 0 amide bonds. The smallest absolute Gasteiger partial charge is 0.420 e. The van der Waals surface area contributed by atoms with Crippen LogP contribution in [-0.4, -0.2) is 0 Å². The molecule has 0 bridgehead atoms. The minimum atomic E-state index is -5.68. The monoisotopic (exact) mass is 474 g/mol. The van der Waals surface area contributed by atoms with Crippen molar-refractivity contribution in [1.82, 2.24) is 0 Å². The van der Waals surface area contributed by atoms with Crippen molar-refractivity contribution in [3.8, 4) is 11.5 Å². The summed E-state index contributed by atoms with van der Waals surface area (Å²) in [6.45, 7) is 0.815. The average molecular weight is 474 g/mol. The third kappa shape index (κ3) is 5.34. The molecule has 0 heterocycles. The Labute approximate surface area is 164 Å². The van der Waals surface area contributed by atoms with Crippen LogP contribution in [-0.2, 0) is 24.7 Å². The Balaban J connectivity index is 2.90. The summed E-state index contributed by atoms with van der Waals surface area (Å²) in [5.41, 5.74) is -9.72. The number of rotatable bonds is 2. The SMILES string of the molecule is Cc1cc(C(F)(F)F)c(Oc2cc(C(F)(F)F)c(F)cc2C(F)(F)F)c(C(F)(F)F)c1. The fourth-order valence-electron chi connectivity index (χ4n) is 2.49. The highest BCUT2D eigenvalue weighted by Crippen LogP contribution is 2.49. The van der Waals surface area contributed by atoms with Crippen LogP contribution in [0.4, 0.5) is 57.1 Å². The van der Waals surface area contributed by atoms with Gasteiger partial charge in [-0.2, -0.15) is 52.7 Å². The molecule has 0 radical (unpaired) electrons. The van der Waals surface area contributed by atoms with Gasteiger partial charge in [0.05, 0.1) is 16.7 Å². The Morgan fingerprint density at radius 3 is 1.29 bits per heavy atom. The molecule has 0 fully saturated rings. The first-order valence-electron chi connectivity index (χ1n) is 7.67. The highest BCUT2D eigenvalue weighted by atomic mass is 19.4. The molecule has 0 N–H and O–H groups in total. The van der Waals surface area contributed by atoms with Gasteiger partial charge < -0.3 is 4.74 Å². The van der Waals surface area contributed by atoms with Crippen LogP contribution in [0, 0.1) is 12.7 Å². The van der Waals surface area contributed by atoms with E-state index in [-0.39, 0.29) is 12.1 Å². The zero-order valence-electron chi connectivity index (χ0n) is 14.6. The van der Waals surface area contributed by atoms with Crippen molar-refractivity contribution in [1.29, 1.82) is 0 Å². The van der Waals surface area contributed by atoms with E-state index in [0.29, 0.717) is 0 Å². The van der Waals surface area contributed by atoms with Crippen LogP contribution in [0.1, 0.15) is 27.8 Å². The Morgan fingerprint density at radius 1 is 0.548 bits per heavy atom. The van der Waals surface area contributed by atoms with Crippen molar-refractivity contribution < 1.29 is 61.8 Å². The molecule has 1 nitrogen and oxygen atoms in total. The number of alkyl halides is 12. The van der Waals surface area contributed by atoms with Gasteiger partial charge in [0.15, 0.2) is 5.75 Å². The predicted molar refractivity (Wildman–Crippen MR) is 77.7 cm³/mol. The summed E-state index contributed by atoms with van der Waals surface area (Å²) in [6.07, 6.45) is -22.5. The van der Waals surface area contributed by atoms with Crippen LogP contribution in [0.3, 0.4) is 0 Å². The highest BCUT2D eigenvalue weighted by molar-refractivity contribution is 5.52. The molecule has 0 saturated carbocycles. The van der Waals surface area contributed by atoms with E-state index in [9.17, 15) is 57.1 Å². The van der Waals surface area contributed by atoms with Crippen molar-refractivity contribution in [2.45, 2.75) is 31.6 Å². The molecule has 0 aromatic heterocycles. The van der Waals surface area contributed by atoms with Crippen molar-refractivity contribution in [3.05, 3.63) is 57.9 Å². The number of benzene rings is 2. The second-order valence-electron chi connectivity index (χ2n) is 6.11. The third-order valence-electron chi connectivity index (χ3n) is 3.74. The summed E-state index contributed by atoms with van der Waals surface area (Å²) in [5, 5.41) is 0. The van der Waals surface area contributed by atoms with E-state index in [2.05, 4.69) is 4.74 Å². The molecular weight excluding hydrogens is 467 g/mol. The lowest BCUT2D eigenvalue weighted by atomic mass is 10.0. The normalized spacial score (nSPS) is 13.5. The van der Waals surface area contributed by atoms with Crippen molar-refractivity contribution in [2.75, 3.05) is 0 Å². The molecule has 0 aliphatic heterocycles. The van der Waals surface area contributed by atoms with E-state index >= 15 is 0 Å². The molecule has 0 aliphatic carbocycles. The van der Waals surface area contributed by atoms with Crippen molar-refractivity contribution >= 4 is 0 Å². The first-order valence-corrected chi connectivity index (χ1v) is 7.67. The van der Waals surface area contributed by atoms with Crippen LogP contribution < -0.4 is 4.74 Å². The molecule has 31 heavy (non-hydrogen) atoms. The average Bonchev–Trinajstić information content (AvgIpc) is 2.53. The molecule has 0 saturated heterocycles. The topological polar surface area (TPSA) is 9.23 Å². The van der Waals surface area contributed by atoms with E-state index in [0.717, 1.165) is 6.92 Å². The second-order valence-corrected chi connectivity index (χ2v) is 6.11. The summed E-state index contributed by atoms with van der Waals surface area (Å²) in [7, 11) is 0. The zero-order chi connectivity index (χ0) is 24.2. The Hall–Kier alpha value is -2.67. The van der Waals surface area contributed by atoms with Gasteiger partial charge in [0.2, 0.25) is 0 Å². The molecular formula is C17H7F13O. The van der Waals surface area contributed by atoms with Crippen LogP contribution in [0.2, 0.25) is 0 Å². The first-order chi connectivity index (χ1) is 13.7. The van der Waals surface area contributed by atoms with Gasteiger partial charge in [0.1, 0.15) is 17.1 Å². The maximum Gasteiger partial charge on any atom is 0.420 e. The molecule has 2 aromatic carbocycles. The van der Waals surface area contributed by atoms with Gasteiger partial charge >= 0.3 is 24.7 Å². The van der Waals surface area contributed by atoms with Gasteiger partial charge in [-0.25, -0.2) is 4.39 Å². The van der Waals surface area contributed by atoms with Crippen LogP contribution >= 0.6 is 0 Å². The molecule has 14 heteroatoms. The van der Waals surface area contributed by atoms with E-state index in [1.165, 1.54) is 0 Å². The van der Waals surface area contributed by atoms with E-state index in [1.54, 1.807) is 0 Å².